The average molecular weight is 267 g/mol. The van der Waals surface area contributed by atoms with E-state index in [2.05, 4.69) is 15.1 Å². The molecule has 3 heteroatoms. The number of piperazine rings is 1. The summed E-state index contributed by atoms with van der Waals surface area (Å²) in [6.07, 6.45) is 2.96. The van der Waals surface area contributed by atoms with E-state index < -0.39 is 0 Å². The van der Waals surface area contributed by atoms with Gasteiger partial charge in [-0.1, -0.05) is 0 Å². The molecule has 0 spiro atoms. The Morgan fingerprint density at radius 1 is 1.36 bits per heavy atom. The first-order valence-corrected chi connectivity index (χ1v) is 6.90. The van der Waals surface area contributed by atoms with Crippen LogP contribution in [0.2, 0.25) is 0 Å². The predicted molar refractivity (Wildman–Crippen MR) is 42.1 cm³/mol. The summed E-state index contributed by atoms with van der Waals surface area (Å²) in [4.78, 5) is 2.48. The van der Waals surface area contributed by atoms with E-state index >= 15 is 0 Å². The Morgan fingerprint density at radius 3 is 3.18 bits per heavy atom. The molecular formula is C8H16IN2-. The van der Waals surface area contributed by atoms with E-state index in [4.69, 9.17) is 0 Å². The molecule has 1 atom stereocenters. The van der Waals surface area contributed by atoms with Gasteiger partial charge in [-0.15, -0.1) is 0 Å². The third kappa shape index (κ3) is 1.87. The SMILES string of the molecule is CN1CCN2[I-]CCCC2C1. The third-order valence-corrected chi connectivity index (χ3v) is 5.91. The molecule has 11 heavy (non-hydrogen) atoms. The van der Waals surface area contributed by atoms with Crippen LogP contribution in [0.15, 0.2) is 0 Å². The fraction of sp³-hybridized carbons (Fsp3) is 1.00. The van der Waals surface area contributed by atoms with Crippen molar-refractivity contribution in [2.75, 3.05) is 31.1 Å². The van der Waals surface area contributed by atoms with E-state index in [-0.39, 0.29) is 0 Å². The molecule has 2 aliphatic rings. The van der Waals surface area contributed by atoms with Crippen molar-refractivity contribution >= 4 is 0 Å². The first-order valence-electron chi connectivity index (χ1n) is 4.41. The van der Waals surface area contributed by atoms with Crippen LogP contribution < -0.4 is 21.5 Å². The molecule has 0 amide bonds. The van der Waals surface area contributed by atoms with E-state index in [0.717, 1.165) is 6.04 Å². The number of hydrogen-bond acceptors (Lipinski definition) is 2. The molecule has 2 rings (SSSR count). The summed E-state index contributed by atoms with van der Waals surface area (Å²) in [5, 5.41) is 0. The molecule has 2 nitrogen and oxygen atoms in total. The van der Waals surface area contributed by atoms with Crippen molar-refractivity contribution in [3.63, 3.8) is 0 Å². The van der Waals surface area contributed by atoms with Crippen LogP contribution in [0.25, 0.3) is 0 Å². The molecule has 1 unspecified atom stereocenters. The second-order valence-electron chi connectivity index (χ2n) is 3.49. The van der Waals surface area contributed by atoms with Gasteiger partial charge in [-0.05, 0) is 0 Å². The summed E-state index contributed by atoms with van der Waals surface area (Å²) < 4.78 is 4.32. The van der Waals surface area contributed by atoms with Crippen LogP contribution in [-0.2, 0) is 0 Å². The first kappa shape index (κ1) is 8.26. The molecule has 0 N–H and O–H groups in total. The van der Waals surface area contributed by atoms with Gasteiger partial charge in [0.1, 0.15) is 0 Å². The monoisotopic (exact) mass is 267 g/mol. The molecule has 66 valence electrons. The standard InChI is InChI=1S/C8H16IN2/c1-10-5-6-11-8(7-10)3-2-4-9-11/h8H,2-7H2,1H3/q-1. The van der Waals surface area contributed by atoms with Gasteiger partial charge in [0.15, 0.2) is 0 Å². The molecule has 0 saturated carbocycles. The molecule has 0 aromatic rings. The molecule has 0 aromatic carbocycles. The van der Waals surface area contributed by atoms with Crippen molar-refractivity contribution in [1.29, 1.82) is 0 Å². The Bertz CT molecular complexity index is 140. The van der Waals surface area contributed by atoms with E-state index in [0.29, 0.717) is 21.5 Å². The van der Waals surface area contributed by atoms with Crippen LogP contribution in [0.4, 0.5) is 0 Å². The van der Waals surface area contributed by atoms with Gasteiger partial charge in [0.2, 0.25) is 0 Å². The Balaban J connectivity index is 1.93. The molecule has 2 heterocycles. The van der Waals surface area contributed by atoms with Gasteiger partial charge < -0.3 is 0 Å². The van der Waals surface area contributed by atoms with Gasteiger partial charge in [0.05, 0.1) is 0 Å². The van der Waals surface area contributed by atoms with Gasteiger partial charge in [-0.2, -0.15) is 0 Å². The zero-order valence-corrected chi connectivity index (χ0v) is 9.25. The molecule has 2 fully saturated rings. The summed E-state index contributed by atoms with van der Waals surface area (Å²) in [5.41, 5.74) is 0. The van der Waals surface area contributed by atoms with Gasteiger partial charge in [0, 0.05) is 0 Å². The van der Waals surface area contributed by atoms with Gasteiger partial charge in [-0.25, -0.2) is 0 Å². The molecule has 0 radical (unpaired) electrons. The topological polar surface area (TPSA) is 6.48 Å². The van der Waals surface area contributed by atoms with Crippen LogP contribution in [-0.4, -0.2) is 45.2 Å². The zero-order chi connectivity index (χ0) is 7.68. The predicted octanol–water partition coefficient (Wildman–Crippen LogP) is -2.60. The Morgan fingerprint density at radius 2 is 2.27 bits per heavy atom. The molecular weight excluding hydrogens is 251 g/mol. The van der Waals surface area contributed by atoms with Crippen molar-refractivity contribution in [2.24, 2.45) is 0 Å². The normalized spacial score (nSPS) is 35.9. The second kappa shape index (κ2) is 3.58. The van der Waals surface area contributed by atoms with Crippen LogP contribution in [0.5, 0.6) is 0 Å². The van der Waals surface area contributed by atoms with Gasteiger partial charge >= 0.3 is 79.5 Å². The summed E-state index contributed by atoms with van der Waals surface area (Å²) in [5.74, 6) is 0. The number of likely N-dealkylation sites (N-methyl/N-ethyl adjacent to an activating group) is 1. The molecule has 0 aromatic heterocycles. The molecule has 2 saturated heterocycles. The average Bonchev–Trinajstić information content (AvgIpc) is 2.04. The summed E-state index contributed by atoms with van der Waals surface area (Å²) in [6.45, 7) is 3.99. The number of alkyl halides is 1. The minimum absolute atomic E-state index is 0.441. The number of hydrogen-bond donors (Lipinski definition) is 0. The van der Waals surface area contributed by atoms with Crippen molar-refractivity contribution in [3.8, 4) is 0 Å². The van der Waals surface area contributed by atoms with Crippen LogP contribution in [0, 0.1) is 0 Å². The van der Waals surface area contributed by atoms with E-state index in [9.17, 15) is 0 Å². The maximum absolute atomic E-state index is 2.78. The fourth-order valence-corrected chi connectivity index (χ4v) is 4.83. The maximum atomic E-state index is 2.78. The Kier molecular flexibility index (Phi) is 2.69. The minimum atomic E-state index is 0.441. The van der Waals surface area contributed by atoms with Crippen molar-refractivity contribution < 1.29 is 21.5 Å². The fourth-order valence-electron chi connectivity index (χ4n) is 1.86. The van der Waals surface area contributed by atoms with Crippen molar-refractivity contribution in [2.45, 2.75) is 18.9 Å². The number of rotatable bonds is 0. The van der Waals surface area contributed by atoms with Crippen molar-refractivity contribution in [3.05, 3.63) is 0 Å². The molecule has 2 aliphatic heterocycles. The summed E-state index contributed by atoms with van der Waals surface area (Å²) in [7, 11) is 2.25. The van der Waals surface area contributed by atoms with Gasteiger partial charge in [0.25, 0.3) is 0 Å². The number of fused-ring (bicyclic) bond motifs is 1. The quantitative estimate of drug-likeness (QED) is 0.270. The van der Waals surface area contributed by atoms with Crippen LogP contribution in [0.1, 0.15) is 12.8 Å². The van der Waals surface area contributed by atoms with E-state index in [1.165, 1.54) is 32.5 Å². The van der Waals surface area contributed by atoms with E-state index in [1.807, 2.05) is 0 Å². The Labute approximate surface area is 79.5 Å². The second-order valence-corrected chi connectivity index (χ2v) is 6.49. The summed E-state index contributed by atoms with van der Waals surface area (Å²) >= 11 is 0.441. The van der Waals surface area contributed by atoms with Crippen LogP contribution >= 0.6 is 0 Å². The third-order valence-electron chi connectivity index (χ3n) is 2.52. The van der Waals surface area contributed by atoms with E-state index in [1.54, 1.807) is 4.43 Å². The van der Waals surface area contributed by atoms with Crippen LogP contribution in [0.3, 0.4) is 0 Å². The zero-order valence-electron chi connectivity index (χ0n) is 7.09. The summed E-state index contributed by atoms with van der Waals surface area (Å²) in [6, 6.07) is 0.940. The molecule has 0 aliphatic carbocycles. The first-order chi connectivity index (χ1) is 5.36. The molecule has 0 bridgehead atoms. The van der Waals surface area contributed by atoms with Gasteiger partial charge in [-0.3, -0.25) is 0 Å². The Hall–Kier alpha value is 0.650. The number of nitrogens with zero attached hydrogens (tertiary/aromatic N) is 2. The van der Waals surface area contributed by atoms with Crippen molar-refractivity contribution in [1.82, 2.24) is 8.01 Å². The number of halogens is 1.